The van der Waals surface area contributed by atoms with Gasteiger partial charge in [0.15, 0.2) is 0 Å². The highest BCUT2D eigenvalue weighted by Crippen LogP contribution is 2.21. The van der Waals surface area contributed by atoms with E-state index in [1.165, 1.54) is 11.3 Å². The van der Waals surface area contributed by atoms with Gasteiger partial charge in [0.1, 0.15) is 0 Å². The van der Waals surface area contributed by atoms with Gasteiger partial charge in [-0.3, -0.25) is 4.79 Å². The Balaban J connectivity index is 2.03. The van der Waals surface area contributed by atoms with E-state index in [2.05, 4.69) is 17.2 Å². The zero-order chi connectivity index (χ0) is 15.1. The van der Waals surface area contributed by atoms with Crippen molar-refractivity contribution in [1.29, 1.82) is 0 Å². The molecule has 2 N–H and O–H groups in total. The summed E-state index contributed by atoms with van der Waals surface area (Å²) in [6, 6.07) is 11.0. The van der Waals surface area contributed by atoms with Crippen LogP contribution in [0.4, 0.5) is 0 Å². The maximum absolute atomic E-state index is 12.0. The minimum absolute atomic E-state index is 0.0467. The lowest BCUT2D eigenvalue weighted by molar-refractivity contribution is 0.0955. The average Bonchev–Trinajstić information content (AvgIpc) is 2.93. The Bertz CT molecular complexity index is 685. The molecule has 108 valence electrons. The summed E-state index contributed by atoms with van der Waals surface area (Å²) in [7, 11) is 0. The zero-order valence-corrected chi connectivity index (χ0v) is 12.8. The number of aliphatic hydroxyl groups excluding tert-OH is 1. The van der Waals surface area contributed by atoms with Crippen LogP contribution in [0.5, 0.6) is 0 Å². The highest BCUT2D eigenvalue weighted by molar-refractivity contribution is 7.17. The summed E-state index contributed by atoms with van der Waals surface area (Å²) in [5, 5.41) is 11.6. The van der Waals surface area contributed by atoms with E-state index in [4.69, 9.17) is 16.7 Å². The van der Waals surface area contributed by atoms with E-state index < -0.39 is 0 Å². The van der Waals surface area contributed by atoms with Crippen LogP contribution in [0.2, 0.25) is 4.34 Å². The van der Waals surface area contributed by atoms with Crippen molar-refractivity contribution in [2.45, 2.75) is 13.0 Å². The number of halogens is 1. The number of thiophene rings is 1. The molecule has 0 saturated carbocycles. The molecule has 2 rings (SSSR count). The molecule has 1 aromatic heterocycles. The molecule has 0 radical (unpaired) electrons. The van der Waals surface area contributed by atoms with Crippen molar-refractivity contribution >= 4 is 28.8 Å². The Morgan fingerprint density at radius 3 is 2.81 bits per heavy atom. The normalized spacial score (nSPS) is 9.81. The fraction of sp³-hybridized carbons (Fsp3) is 0.188. The van der Waals surface area contributed by atoms with Gasteiger partial charge in [0.25, 0.3) is 5.91 Å². The van der Waals surface area contributed by atoms with Crippen LogP contribution < -0.4 is 5.32 Å². The molecular formula is C16H14ClNO2S. The lowest BCUT2D eigenvalue weighted by Crippen LogP contribution is -2.22. The lowest BCUT2D eigenvalue weighted by atomic mass is 10.1. The van der Waals surface area contributed by atoms with Crippen molar-refractivity contribution in [1.82, 2.24) is 5.32 Å². The number of hydrogen-bond acceptors (Lipinski definition) is 3. The van der Waals surface area contributed by atoms with Crippen molar-refractivity contribution in [2.24, 2.45) is 0 Å². The number of hydrogen-bond donors (Lipinski definition) is 2. The van der Waals surface area contributed by atoms with E-state index in [-0.39, 0.29) is 12.5 Å². The summed E-state index contributed by atoms with van der Waals surface area (Å²) in [4.78, 5) is 12.6. The third kappa shape index (κ3) is 4.61. The van der Waals surface area contributed by atoms with E-state index in [0.29, 0.717) is 22.2 Å². The first-order valence-corrected chi connectivity index (χ1v) is 7.61. The van der Waals surface area contributed by atoms with Gasteiger partial charge in [0, 0.05) is 18.5 Å². The van der Waals surface area contributed by atoms with Crippen molar-refractivity contribution in [2.75, 3.05) is 6.61 Å². The number of rotatable bonds is 4. The van der Waals surface area contributed by atoms with Gasteiger partial charge in [-0.15, -0.1) is 11.3 Å². The molecule has 21 heavy (non-hydrogen) atoms. The second-order valence-electron chi connectivity index (χ2n) is 4.22. The maximum atomic E-state index is 12.0. The third-order valence-electron chi connectivity index (χ3n) is 2.71. The molecule has 0 aliphatic carbocycles. The molecule has 1 heterocycles. The first-order valence-electron chi connectivity index (χ1n) is 6.42. The van der Waals surface area contributed by atoms with Crippen LogP contribution in [-0.4, -0.2) is 17.6 Å². The molecule has 1 aromatic carbocycles. The number of amides is 1. The molecule has 0 aliphatic heterocycles. The maximum Gasteiger partial charge on any atom is 0.261 e. The summed E-state index contributed by atoms with van der Waals surface area (Å²) in [6.07, 6.45) is 0.439. The Labute approximate surface area is 132 Å². The van der Waals surface area contributed by atoms with Gasteiger partial charge in [-0.2, -0.15) is 0 Å². The predicted molar refractivity (Wildman–Crippen MR) is 85.5 cm³/mol. The van der Waals surface area contributed by atoms with Crippen LogP contribution in [0.3, 0.4) is 0 Å². The van der Waals surface area contributed by atoms with Gasteiger partial charge < -0.3 is 10.4 Å². The van der Waals surface area contributed by atoms with E-state index in [9.17, 15) is 4.79 Å². The smallest absolute Gasteiger partial charge is 0.261 e. The minimum Gasteiger partial charge on any atom is -0.395 e. The Morgan fingerprint density at radius 2 is 2.10 bits per heavy atom. The topological polar surface area (TPSA) is 49.3 Å². The highest BCUT2D eigenvalue weighted by Gasteiger charge is 2.08. The molecule has 3 nitrogen and oxygen atoms in total. The van der Waals surface area contributed by atoms with Crippen LogP contribution in [0.15, 0.2) is 36.4 Å². The zero-order valence-electron chi connectivity index (χ0n) is 11.2. The van der Waals surface area contributed by atoms with Crippen molar-refractivity contribution in [3.63, 3.8) is 0 Å². The predicted octanol–water partition coefficient (Wildman–Crippen LogP) is 3.07. The van der Waals surface area contributed by atoms with Gasteiger partial charge in [-0.05, 0) is 23.8 Å². The van der Waals surface area contributed by atoms with Gasteiger partial charge in [0.05, 0.1) is 15.8 Å². The third-order valence-corrected chi connectivity index (χ3v) is 3.94. The number of carbonyl (C=O) groups excluding carboxylic acids is 1. The van der Waals surface area contributed by atoms with Crippen LogP contribution in [0, 0.1) is 11.8 Å². The number of benzene rings is 1. The average molecular weight is 320 g/mol. The molecule has 0 unspecified atom stereocenters. The van der Waals surface area contributed by atoms with Crippen LogP contribution >= 0.6 is 22.9 Å². The Hall–Kier alpha value is -1.80. The molecule has 1 amide bonds. The molecule has 5 heteroatoms. The monoisotopic (exact) mass is 319 g/mol. The fourth-order valence-corrected chi connectivity index (χ4v) is 2.67. The largest absolute Gasteiger partial charge is 0.395 e. The second-order valence-corrected chi connectivity index (χ2v) is 5.93. The molecule has 0 saturated heterocycles. The first-order chi connectivity index (χ1) is 10.2. The van der Waals surface area contributed by atoms with Gasteiger partial charge >= 0.3 is 0 Å². The molecule has 0 atom stereocenters. The quantitative estimate of drug-likeness (QED) is 0.851. The second kappa shape index (κ2) is 7.84. The summed E-state index contributed by atoms with van der Waals surface area (Å²) in [5.74, 6) is 5.74. The van der Waals surface area contributed by atoms with Crippen LogP contribution in [0.25, 0.3) is 0 Å². The van der Waals surface area contributed by atoms with Gasteiger partial charge in [-0.25, -0.2) is 0 Å². The van der Waals surface area contributed by atoms with Crippen molar-refractivity contribution < 1.29 is 9.90 Å². The Morgan fingerprint density at radius 1 is 1.29 bits per heavy atom. The van der Waals surface area contributed by atoms with Crippen LogP contribution in [0.1, 0.15) is 27.2 Å². The van der Waals surface area contributed by atoms with E-state index >= 15 is 0 Å². The van der Waals surface area contributed by atoms with Crippen molar-refractivity contribution in [3.8, 4) is 11.8 Å². The SMILES string of the molecule is O=C(NCc1ccccc1C#CCCO)c1ccc(Cl)s1. The minimum atomic E-state index is -0.148. The summed E-state index contributed by atoms with van der Waals surface area (Å²) >= 11 is 7.07. The molecular weight excluding hydrogens is 306 g/mol. The molecule has 0 fully saturated rings. The highest BCUT2D eigenvalue weighted by atomic mass is 35.5. The fourth-order valence-electron chi connectivity index (χ4n) is 1.71. The summed E-state index contributed by atoms with van der Waals surface area (Å²) in [6.45, 7) is 0.448. The van der Waals surface area contributed by atoms with Gasteiger partial charge in [0.2, 0.25) is 0 Å². The van der Waals surface area contributed by atoms with E-state index in [1.54, 1.807) is 12.1 Å². The summed E-state index contributed by atoms with van der Waals surface area (Å²) < 4.78 is 0.593. The first kappa shape index (κ1) is 15.6. The Kier molecular flexibility index (Phi) is 5.82. The molecule has 0 aliphatic rings. The van der Waals surface area contributed by atoms with Crippen LogP contribution in [-0.2, 0) is 6.54 Å². The lowest BCUT2D eigenvalue weighted by Gasteiger charge is -2.06. The number of nitrogens with one attached hydrogen (secondary N) is 1. The van der Waals surface area contributed by atoms with Gasteiger partial charge in [-0.1, -0.05) is 41.6 Å². The van der Waals surface area contributed by atoms with E-state index in [1.807, 2.05) is 24.3 Å². The van der Waals surface area contributed by atoms with Crippen molar-refractivity contribution in [3.05, 3.63) is 56.7 Å². The van der Waals surface area contributed by atoms with E-state index in [0.717, 1.165) is 11.1 Å². The molecule has 2 aromatic rings. The number of aliphatic hydroxyl groups is 1. The summed E-state index contributed by atoms with van der Waals surface area (Å²) in [5.41, 5.74) is 1.80. The molecule has 0 spiro atoms. The standard InChI is InChI=1S/C16H14ClNO2S/c17-15-9-8-14(21-15)16(20)18-11-13-7-2-1-5-12(13)6-3-4-10-19/h1-2,5,7-9,19H,4,10-11H2,(H,18,20). The molecule has 0 bridgehead atoms. The number of carbonyl (C=O) groups is 1.